The second-order valence-electron chi connectivity index (χ2n) is 5.95. The zero-order valence-corrected chi connectivity index (χ0v) is 11.9. The molecule has 0 unspecified atom stereocenters. The molecule has 106 valence electrons. The van der Waals surface area contributed by atoms with Crippen molar-refractivity contribution in [1.29, 1.82) is 0 Å². The van der Waals surface area contributed by atoms with E-state index in [0.29, 0.717) is 6.41 Å². The molecule has 0 bridgehead atoms. The molecule has 0 aliphatic rings. The zero-order chi connectivity index (χ0) is 14.6. The Hall–Kier alpha value is -1.14. The highest BCUT2D eigenvalue weighted by Gasteiger charge is 2.30. The van der Waals surface area contributed by atoms with Gasteiger partial charge in [0.1, 0.15) is 0 Å². The molecular formula is C12H23NO5. The molecule has 18 heavy (non-hydrogen) atoms. The second kappa shape index (κ2) is 6.15. The Bertz CT molecular complexity index is 290. The van der Waals surface area contributed by atoms with Crippen LogP contribution in [0.5, 0.6) is 0 Å². The van der Waals surface area contributed by atoms with Gasteiger partial charge < -0.3 is 9.84 Å². The molecule has 6 heteroatoms. The van der Waals surface area contributed by atoms with Crippen molar-refractivity contribution in [2.75, 3.05) is 6.61 Å². The fourth-order valence-corrected chi connectivity index (χ4v) is 1.06. The minimum Gasteiger partial charge on any atom is -0.480 e. The summed E-state index contributed by atoms with van der Waals surface area (Å²) in [5.74, 6) is -1.17. The van der Waals surface area contributed by atoms with E-state index in [2.05, 4.69) is 0 Å². The van der Waals surface area contributed by atoms with E-state index >= 15 is 0 Å². The van der Waals surface area contributed by atoms with Crippen LogP contribution in [-0.4, -0.2) is 46.4 Å². The SMILES string of the molecule is CC(C)(C)OC[C@@H](C(=O)O)N(C=O)OC(C)(C)C. The molecule has 0 aromatic heterocycles. The van der Waals surface area contributed by atoms with Gasteiger partial charge >= 0.3 is 5.97 Å². The molecule has 1 amide bonds. The molecule has 0 aliphatic heterocycles. The Balaban J connectivity index is 4.75. The summed E-state index contributed by atoms with van der Waals surface area (Å²) in [6.07, 6.45) is 0.357. The van der Waals surface area contributed by atoms with E-state index in [1.165, 1.54) is 0 Å². The molecule has 1 atom stereocenters. The average Bonchev–Trinajstić information content (AvgIpc) is 2.11. The standard InChI is InChI=1S/C12H23NO5/c1-11(2,3)17-7-9(10(15)16)13(8-14)18-12(4,5)6/h8-9H,7H2,1-6H3,(H,15,16)/t9-/m0/s1. The average molecular weight is 261 g/mol. The quantitative estimate of drug-likeness (QED) is 0.578. The van der Waals surface area contributed by atoms with E-state index < -0.39 is 23.2 Å². The molecule has 0 aromatic rings. The highest BCUT2D eigenvalue weighted by Crippen LogP contribution is 2.14. The lowest BCUT2D eigenvalue weighted by Gasteiger charge is -2.32. The van der Waals surface area contributed by atoms with Crippen LogP contribution >= 0.6 is 0 Å². The molecule has 0 heterocycles. The third-order valence-electron chi connectivity index (χ3n) is 1.75. The van der Waals surface area contributed by atoms with Gasteiger partial charge in [0.15, 0.2) is 6.04 Å². The number of carbonyl (C=O) groups excluding carboxylic acids is 1. The Labute approximate surface area is 108 Å². The number of hydroxylamine groups is 2. The lowest BCUT2D eigenvalue weighted by atomic mass is 10.2. The van der Waals surface area contributed by atoms with Gasteiger partial charge in [-0.25, -0.2) is 9.86 Å². The molecule has 0 saturated heterocycles. The van der Waals surface area contributed by atoms with E-state index in [9.17, 15) is 9.59 Å². The van der Waals surface area contributed by atoms with Crippen molar-refractivity contribution in [1.82, 2.24) is 5.06 Å². The Morgan fingerprint density at radius 3 is 2.00 bits per heavy atom. The number of amides is 1. The van der Waals surface area contributed by atoms with E-state index in [-0.39, 0.29) is 6.61 Å². The van der Waals surface area contributed by atoms with Crippen LogP contribution < -0.4 is 0 Å². The summed E-state index contributed by atoms with van der Waals surface area (Å²) in [5, 5.41) is 9.89. The van der Waals surface area contributed by atoms with Crippen LogP contribution in [0.3, 0.4) is 0 Å². The first-order valence-corrected chi connectivity index (χ1v) is 5.76. The van der Waals surface area contributed by atoms with E-state index in [1.54, 1.807) is 20.8 Å². The fourth-order valence-electron chi connectivity index (χ4n) is 1.06. The summed E-state index contributed by atoms with van der Waals surface area (Å²) < 4.78 is 5.39. The molecule has 0 saturated carbocycles. The predicted octanol–water partition coefficient (Wildman–Crippen LogP) is 1.44. The summed E-state index contributed by atoms with van der Waals surface area (Å²) in [4.78, 5) is 27.4. The normalized spacial score (nSPS) is 14.1. The Kier molecular flexibility index (Phi) is 5.76. The Morgan fingerprint density at radius 1 is 1.22 bits per heavy atom. The smallest absolute Gasteiger partial charge is 0.331 e. The van der Waals surface area contributed by atoms with Crippen LogP contribution in [-0.2, 0) is 19.2 Å². The molecule has 0 fully saturated rings. The summed E-state index contributed by atoms with van der Waals surface area (Å²) in [6.45, 7) is 10.5. The van der Waals surface area contributed by atoms with Crippen LogP contribution in [0.4, 0.5) is 0 Å². The first kappa shape index (κ1) is 16.9. The summed E-state index contributed by atoms with van der Waals surface area (Å²) in [5.41, 5.74) is -1.14. The van der Waals surface area contributed by atoms with Crippen molar-refractivity contribution in [3.63, 3.8) is 0 Å². The van der Waals surface area contributed by atoms with Crippen molar-refractivity contribution in [2.45, 2.75) is 58.8 Å². The summed E-state index contributed by atoms with van der Waals surface area (Å²) in [6, 6.07) is -1.17. The van der Waals surface area contributed by atoms with Gasteiger partial charge in [0.2, 0.25) is 6.41 Å². The largest absolute Gasteiger partial charge is 0.480 e. The lowest BCUT2D eigenvalue weighted by Crippen LogP contribution is -2.48. The van der Waals surface area contributed by atoms with Crippen LogP contribution in [0.2, 0.25) is 0 Å². The topological polar surface area (TPSA) is 76.1 Å². The zero-order valence-electron chi connectivity index (χ0n) is 11.9. The maximum Gasteiger partial charge on any atom is 0.331 e. The van der Waals surface area contributed by atoms with Crippen LogP contribution in [0.15, 0.2) is 0 Å². The molecule has 6 nitrogen and oxygen atoms in total. The first-order valence-electron chi connectivity index (χ1n) is 5.76. The van der Waals surface area contributed by atoms with E-state index in [1.807, 2.05) is 20.8 Å². The highest BCUT2D eigenvalue weighted by atomic mass is 16.7. The van der Waals surface area contributed by atoms with Gasteiger partial charge in [0.25, 0.3) is 0 Å². The molecule has 0 spiro atoms. The number of rotatable bonds is 6. The molecule has 1 N–H and O–H groups in total. The number of hydrogen-bond donors (Lipinski definition) is 1. The maximum absolute atomic E-state index is 11.1. The fraction of sp³-hybridized carbons (Fsp3) is 0.833. The molecule has 0 aliphatic carbocycles. The second-order valence-corrected chi connectivity index (χ2v) is 5.95. The first-order chi connectivity index (χ1) is 7.96. The van der Waals surface area contributed by atoms with Gasteiger partial charge in [-0.05, 0) is 41.5 Å². The number of carbonyl (C=O) groups is 2. The monoisotopic (exact) mass is 261 g/mol. The number of hydrogen-bond acceptors (Lipinski definition) is 4. The van der Waals surface area contributed by atoms with Crippen molar-refractivity contribution >= 4 is 12.4 Å². The summed E-state index contributed by atoms with van der Waals surface area (Å²) in [7, 11) is 0. The number of nitrogens with zero attached hydrogens (tertiary/aromatic N) is 1. The Morgan fingerprint density at radius 2 is 1.72 bits per heavy atom. The molecule has 0 radical (unpaired) electrons. The molecule has 0 rings (SSSR count). The third kappa shape index (κ3) is 7.24. The van der Waals surface area contributed by atoms with Gasteiger partial charge in [-0.3, -0.25) is 9.63 Å². The van der Waals surface area contributed by atoms with Crippen molar-refractivity contribution in [3.8, 4) is 0 Å². The summed E-state index contributed by atoms with van der Waals surface area (Å²) >= 11 is 0. The minimum absolute atomic E-state index is 0.131. The molecular weight excluding hydrogens is 238 g/mol. The molecule has 0 aromatic carbocycles. The number of ether oxygens (including phenoxy) is 1. The van der Waals surface area contributed by atoms with Gasteiger partial charge in [0.05, 0.1) is 17.8 Å². The van der Waals surface area contributed by atoms with E-state index in [0.717, 1.165) is 5.06 Å². The number of carboxylic acid groups (broad SMARTS) is 1. The van der Waals surface area contributed by atoms with Gasteiger partial charge in [-0.15, -0.1) is 0 Å². The van der Waals surface area contributed by atoms with Crippen molar-refractivity contribution < 1.29 is 24.3 Å². The van der Waals surface area contributed by atoms with Crippen LogP contribution in [0.25, 0.3) is 0 Å². The maximum atomic E-state index is 11.1. The highest BCUT2D eigenvalue weighted by molar-refractivity contribution is 5.75. The van der Waals surface area contributed by atoms with Crippen LogP contribution in [0.1, 0.15) is 41.5 Å². The lowest BCUT2D eigenvalue weighted by molar-refractivity contribution is -0.242. The number of carboxylic acids is 1. The van der Waals surface area contributed by atoms with Crippen LogP contribution in [0, 0.1) is 0 Å². The van der Waals surface area contributed by atoms with E-state index in [4.69, 9.17) is 14.7 Å². The minimum atomic E-state index is -1.17. The predicted molar refractivity (Wildman–Crippen MR) is 65.9 cm³/mol. The van der Waals surface area contributed by atoms with Gasteiger partial charge in [0, 0.05) is 0 Å². The van der Waals surface area contributed by atoms with Crippen molar-refractivity contribution in [2.24, 2.45) is 0 Å². The number of aliphatic carboxylic acids is 1. The third-order valence-corrected chi connectivity index (χ3v) is 1.75. The van der Waals surface area contributed by atoms with Crippen molar-refractivity contribution in [3.05, 3.63) is 0 Å². The van der Waals surface area contributed by atoms with Gasteiger partial charge in [-0.1, -0.05) is 0 Å². The van der Waals surface area contributed by atoms with Gasteiger partial charge in [-0.2, -0.15) is 0 Å².